The van der Waals surface area contributed by atoms with Crippen LogP contribution in [-0.2, 0) is 0 Å². The largest absolute Gasteiger partial charge is 0.392 e. The molecule has 1 radical (unpaired) electrons. The van der Waals surface area contributed by atoms with Crippen LogP contribution in [0.3, 0.4) is 0 Å². The molecule has 0 saturated carbocycles. The van der Waals surface area contributed by atoms with Gasteiger partial charge in [-0.2, -0.15) is 13.2 Å². The van der Waals surface area contributed by atoms with Crippen molar-refractivity contribution in [2.75, 3.05) is 5.33 Å². The van der Waals surface area contributed by atoms with Crippen molar-refractivity contribution < 1.29 is 13.2 Å². The summed E-state index contributed by atoms with van der Waals surface area (Å²) in [5.74, 6) is 0. The van der Waals surface area contributed by atoms with E-state index in [1.54, 1.807) is 0 Å². The molecule has 0 heterocycles. The zero-order chi connectivity index (χ0) is 6.62. The highest BCUT2D eigenvalue weighted by Crippen LogP contribution is 2.20. The van der Waals surface area contributed by atoms with Gasteiger partial charge in [-0.15, -0.1) is 0 Å². The number of hydrogen-bond donors (Lipinski definition) is 0. The molecule has 0 nitrogen and oxygen atoms in total. The number of hydrogen-bond acceptors (Lipinski definition) is 0. The van der Waals surface area contributed by atoms with Crippen molar-refractivity contribution in [2.45, 2.75) is 12.6 Å². The van der Waals surface area contributed by atoms with Crippen LogP contribution in [-0.4, -0.2) is 11.5 Å². The second kappa shape index (κ2) is 3.33. The van der Waals surface area contributed by atoms with Crippen LogP contribution in [0.4, 0.5) is 13.2 Å². The third kappa shape index (κ3) is 6.27. The van der Waals surface area contributed by atoms with Gasteiger partial charge in [0.2, 0.25) is 0 Å². The lowest BCUT2D eigenvalue weighted by Gasteiger charge is -2.01. The molecule has 0 amide bonds. The van der Waals surface area contributed by atoms with E-state index in [0.29, 0.717) is 11.8 Å². The van der Waals surface area contributed by atoms with Crippen molar-refractivity contribution >= 4 is 15.9 Å². The van der Waals surface area contributed by atoms with E-state index >= 15 is 0 Å². The molecule has 0 aromatic carbocycles. The highest BCUT2D eigenvalue weighted by atomic mass is 79.9. The lowest BCUT2D eigenvalue weighted by molar-refractivity contribution is -0.0976. The molecule has 49 valence electrons. The molecular weight excluding hydrogens is 185 g/mol. The summed E-state index contributed by atoms with van der Waals surface area (Å²) in [6, 6.07) is 0. The molecule has 0 aliphatic rings. The summed E-state index contributed by atoms with van der Waals surface area (Å²) in [5, 5.41) is 0.368. The molecule has 0 N–H and O–H groups in total. The number of alkyl halides is 4. The third-order valence-corrected chi connectivity index (χ3v) is 0.943. The molecule has 0 aliphatic heterocycles. The summed E-state index contributed by atoms with van der Waals surface area (Å²) in [5.41, 5.74) is 0. The molecule has 0 aliphatic carbocycles. The summed E-state index contributed by atoms with van der Waals surface area (Å²) < 4.78 is 33.5. The molecular formula is C4H5BrF3. The molecule has 8 heavy (non-hydrogen) atoms. The Morgan fingerprint density at radius 2 is 1.88 bits per heavy atom. The maximum absolute atomic E-state index is 11.2. The van der Waals surface area contributed by atoms with E-state index in [2.05, 4.69) is 15.9 Å². The van der Waals surface area contributed by atoms with Crippen LogP contribution in [0.15, 0.2) is 0 Å². The van der Waals surface area contributed by atoms with E-state index in [0.717, 1.165) is 0 Å². The van der Waals surface area contributed by atoms with Gasteiger partial charge in [0.25, 0.3) is 0 Å². The topological polar surface area (TPSA) is 0 Å². The zero-order valence-corrected chi connectivity index (χ0v) is 5.59. The normalized spacial score (nSPS) is 12.0. The van der Waals surface area contributed by atoms with Gasteiger partial charge in [0.15, 0.2) is 0 Å². The fourth-order valence-electron chi connectivity index (χ4n) is 0.218. The van der Waals surface area contributed by atoms with Crippen molar-refractivity contribution in [3.63, 3.8) is 0 Å². The van der Waals surface area contributed by atoms with Gasteiger partial charge in [0, 0.05) is 5.33 Å². The van der Waals surface area contributed by atoms with Crippen LogP contribution < -0.4 is 0 Å². The van der Waals surface area contributed by atoms with E-state index in [9.17, 15) is 13.2 Å². The Bertz CT molecular complexity index is 58.8. The zero-order valence-electron chi connectivity index (χ0n) is 4.00. The van der Waals surface area contributed by atoms with Gasteiger partial charge in [-0.25, -0.2) is 0 Å². The lowest BCUT2D eigenvalue weighted by atomic mass is 10.3. The van der Waals surface area contributed by atoms with Gasteiger partial charge in [0.1, 0.15) is 0 Å². The Balaban J connectivity index is 3.11. The lowest BCUT2D eigenvalue weighted by Crippen LogP contribution is -2.07. The van der Waals surface area contributed by atoms with Crippen LogP contribution in [0.2, 0.25) is 0 Å². The first-order valence-corrected chi connectivity index (χ1v) is 3.15. The van der Waals surface area contributed by atoms with E-state index in [-0.39, 0.29) is 6.42 Å². The fourth-order valence-corrected chi connectivity index (χ4v) is 0.447. The molecule has 4 heteroatoms. The molecule has 0 aromatic heterocycles. The van der Waals surface area contributed by atoms with Crippen LogP contribution in [0.1, 0.15) is 6.42 Å². The first-order valence-electron chi connectivity index (χ1n) is 2.03. The standard InChI is InChI=1S/C4H5BrF3/c5-3-1-2-4(6,7)8/h2H,1,3H2. The van der Waals surface area contributed by atoms with E-state index < -0.39 is 6.18 Å². The van der Waals surface area contributed by atoms with Crippen LogP contribution in [0.5, 0.6) is 0 Å². The van der Waals surface area contributed by atoms with Gasteiger partial charge in [-0.1, -0.05) is 15.9 Å². The Kier molecular flexibility index (Phi) is 3.44. The molecule has 0 fully saturated rings. The first kappa shape index (κ1) is 8.27. The van der Waals surface area contributed by atoms with Crippen LogP contribution in [0.25, 0.3) is 0 Å². The predicted octanol–water partition coefficient (Wildman–Crippen LogP) is 2.54. The molecule has 0 saturated heterocycles. The molecule has 0 bridgehead atoms. The van der Waals surface area contributed by atoms with Crippen molar-refractivity contribution in [3.05, 3.63) is 6.42 Å². The van der Waals surface area contributed by atoms with E-state index in [1.807, 2.05) is 0 Å². The summed E-state index contributed by atoms with van der Waals surface area (Å²) >= 11 is 2.87. The van der Waals surface area contributed by atoms with Gasteiger partial charge < -0.3 is 0 Å². The summed E-state index contributed by atoms with van der Waals surface area (Å²) in [6.07, 6.45) is -3.74. The fraction of sp³-hybridized carbons (Fsp3) is 0.750. The average Bonchev–Trinajstić information content (AvgIpc) is 1.59. The Labute approximate surface area is 54.2 Å². The number of halogens is 4. The monoisotopic (exact) mass is 189 g/mol. The molecule has 0 rings (SSSR count). The minimum Gasteiger partial charge on any atom is -0.171 e. The summed E-state index contributed by atoms with van der Waals surface area (Å²) in [7, 11) is 0. The van der Waals surface area contributed by atoms with Crippen molar-refractivity contribution in [3.8, 4) is 0 Å². The smallest absolute Gasteiger partial charge is 0.171 e. The van der Waals surface area contributed by atoms with Gasteiger partial charge in [-0.3, -0.25) is 0 Å². The SMILES string of the molecule is FC(F)(F)[CH]CCBr. The highest BCUT2D eigenvalue weighted by Gasteiger charge is 2.25. The van der Waals surface area contributed by atoms with Crippen molar-refractivity contribution in [1.82, 2.24) is 0 Å². The van der Waals surface area contributed by atoms with Crippen molar-refractivity contribution in [1.29, 1.82) is 0 Å². The maximum Gasteiger partial charge on any atom is 0.392 e. The quantitative estimate of drug-likeness (QED) is 0.587. The van der Waals surface area contributed by atoms with Gasteiger partial charge in [0.05, 0.1) is 6.42 Å². The molecule has 0 spiro atoms. The molecule has 0 atom stereocenters. The molecule has 0 unspecified atom stereocenters. The molecule has 0 aromatic rings. The Morgan fingerprint density at radius 1 is 1.38 bits per heavy atom. The second-order valence-electron chi connectivity index (χ2n) is 1.22. The average molecular weight is 190 g/mol. The highest BCUT2D eigenvalue weighted by molar-refractivity contribution is 9.09. The minimum atomic E-state index is -4.10. The van der Waals surface area contributed by atoms with E-state index in [4.69, 9.17) is 0 Å². The summed E-state index contributed by atoms with van der Waals surface area (Å²) in [6.45, 7) is 0. The maximum atomic E-state index is 11.2. The van der Waals surface area contributed by atoms with Crippen LogP contribution in [0, 0.1) is 6.42 Å². The summed E-state index contributed by atoms with van der Waals surface area (Å²) in [4.78, 5) is 0. The van der Waals surface area contributed by atoms with Gasteiger partial charge in [-0.05, 0) is 6.42 Å². The van der Waals surface area contributed by atoms with E-state index in [1.165, 1.54) is 0 Å². The van der Waals surface area contributed by atoms with Crippen LogP contribution >= 0.6 is 15.9 Å². The number of rotatable bonds is 2. The Morgan fingerprint density at radius 3 is 2.00 bits per heavy atom. The van der Waals surface area contributed by atoms with Gasteiger partial charge >= 0.3 is 6.18 Å². The first-order chi connectivity index (χ1) is 3.56. The third-order valence-electron chi connectivity index (χ3n) is 0.485. The second-order valence-corrected chi connectivity index (χ2v) is 2.02. The van der Waals surface area contributed by atoms with Crippen molar-refractivity contribution in [2.24, 2.45) is 0 Å². The minimum absolute atomic E-state index is 0.0451. The predicted molar refractivity (Wildman–Crippen MR) is 28.8 cm³/mol. The Hall–Kier alpha value is 0.270.